The smallest absolute Gasteiger partial charge is 0.311 e. The van der Waals surface area contributed by atoms with Gasteiger partial charge in [0, 0.05) is 69.9 Å². The number of aromatic nitrogens is 2. The summed E-state index contributed by atoms with van der Waals surface area (Å²) >= 11 is 0. The van der Waals surface area contributed by atoms with Crippen LogP contribution in [0.5, 0.6) is 0 Å². The number of nitrogens with zero attached hydrogens (tertiary/aromatic N) is 5. The summed E-state index contributed by atoms with van der Waals surface area (Å²) in [5, 5.41) is 5.19. The molecule has 2 aliphatic rings. The molecule has 0 bridgehead atoms. The zero-order valence-corrected chi connectivity index (χ0v) is 16.3. The number of carbonyl (C=O) groups is 3. The van der Waals surface area contributed by atoms with Crippen LogP contribution in [0, 0.1) is 0 Å². The highest BCUT2D eigenvalue weighted by Gasteiger charge is 2.35. The summed E-state index contributed by atoms with van der Waals surface area (Å²) in [5.74, 6) is -0.931. The maximum Gasteiger partial charge on any atom is 0.434 e. The summed E-state index contributed by atoms with van der Waals surface area (Å²) < 4.78 is 1.81. The van der Waals surface area contributed by atoms with Crippen molar-refractivity contribution in [2.45, 2.75) is 19.4 Å². The minimum absolute atomic E-state index is 0.0920. The van der Waals surface area contributed by atoms with Crippen molar-refractivity contribution >= 4 is 17.9 Å². The van der Waals surface area contributed by atoms with Gasteiger partial charge >= 0.3 is 6.09 Å². The standard InChI is InChI=1S/C20H23N5O4/c1-22-13-16(19(21-22)15-5-3-2-4-6-15)14-23-9-11-24(12-10-23)20(28)29-25-17(26)7-8-18(25)27/h2-6,13H,7-12,14H2,1H3. The van der Waals surface area contributed by atoms with Crippen molar-refractivity contribution in [3.8, 4) is 11.3 Å². The molecule has 0 N–H and O–H groups in total. The second kappa shape index (κ2) is 8.04. The van der Waals surface area contributed by atoms with E-state index in [0.717, 1.165) is 23.4 Å². The normalized spacial score (nSPS) is 17.8. The molecule has 29 heavy (non-hydrogen) atoms. The van der Waals surface area contributed by atoms with E-state index in [9.17, 15) is 14.4 Å². The Kier molecular flexibility index (Phi) is 5.30. The van der Waals surface area contributed by atoms with E-state index in [2.05, 4.69) is 10.00 Å². The molecule has 0 saturated carbocycles. The molecule has 0 atom stereocenters. The van der Waals surface area contributed by atoms with Gasteiger partial charge in [-0.15, -0.1) is 5.06 Å². The highest BCUT2D eigenvalue weighted by Crippen LogP contribution is 2.23. The Morgan fingerprint density at radius 2 is 1.69 bits per heavy atom. The minimum atomic E-state index is -0.653. The van der Waals surface area contributed by atoms with Gasteiger partial charge in [-0.1, -0.05) is 30.3 Å². The van der Waals surface area contributed by atoms with Crippen LogP contribution >= 0.6 is 0 Å². The second-order valence-corrected chi connectivity index (χ2v) is 7.24. The highest BCUT2D eigenvalue weighted by atomic mass is 16.7. The van der Waals surface area contributed by atoms with Crippen LogP contribution in [0.2, 0.25) is 0 Å². The summed E-state index contributed by atoms with van der Waals surface area (Å²) in [6.45, 7) is 3.00. The van der Waals surface area contributed by atoms with Gasteiger partial charge < -0.3 is 9.74 Å². The van der Waals surface area contributed by atoms with Gasteiger partial charge in [-0.25, -0.2) is 4.79 Å². The Labute approximate surface area is 168 Å². The van der Waals surface area contributed by atoms with Crippen molar-refractivity contribution in [2.24, 2.45) is 7.05 Å². The van der Waals surface area contributed by atoms with Crippen molar-refractivity contribution in [1.82, 2.24) is 24.6 Å². The molecule has 152 valence electrons. The Balaban J connectivity index is 1.34. The van der Waals surface area contributed by atoms with Gasteiger partial charge in [0.2, 0.25) is 0 Å². The molecule has 9 heteroatoms. The maximum absolute atomic E-state index is 12.3. The first-order valence-corrected chi connectivity index (χ1v) is 9.64. The van der Waals surface area contributed by atoms with Crippen molar-refractivity contribution in [2.75, 3.05) is 26.2 Å². The zero-order valence-electron chi connectivity index (χ0n) is 16.3. The SMILES string of the molecule is Cn1cc(CN2CCN(C(=O)ON3C(=O)CCC3=O)CC2)c(-c2ccccc2)n1. The van der Waals surface area contributed by atoms with E-state index in [1.54, 1.807) is 0 Å². The monoisotopic (exact) mass is 397 g/mol. The highest BCUT2D eigenvalue weighted by molar-refractivity contribution is 6.01. The number of amides is 3. The number of imide groups is 1. The molecule has 2 saturated heterocycles. The third-order valence-electron chi connectivity index (χ3n) is 5.15. The predicted octanol–water partition coefficient (Wildman–Crippen LogP) is 1.41. The number of hydroxylamine groups is 2. The first kappa shape index (κ1) is 19.1. The molecule has 4 rings (SSSR count). The molecule has 1 aromatic carbocycles. The van der Waals surface area contributed by atoms with Gasteiger partial charge in [0.15, 0.2) is 0 Å². The van der Waals surface area contributed by atoms with Gasteiger partial charge in [-0.3, -0.25) is 19.2 Å². The topological polar surface area (TPSA) is 88.0 Å². The number of hydrogen-bond donors (Lipinski definition) is 0. The summed E-state index contributed by atoms with van der Waals surface area (Å²) in [7, 11) is 1.91. The summed E-state index contributed by atoms with van der Waals surface area (Å²) in [4.78, 5) is 44.3. The van der Waals surface area contributed by atoms with Crippen LogP contribution in [0.25, 0.3) is 11.3 Å². The van der Waals surface area contributed by atoms with Crippen LogP contribution < -0.4 is 0 Å². The summed E-state index contributed by atoms with van der Waals surface area (Å²) in [6.07, 6.45) is 1.55. The molecule has 3 heterocycles. The lowest BCUT2D eigenvalue weighted by Crippen LogP contribution is -2.50. The Bertz CT molecular complexity index is 902. The predicted molar refractivity (Wildman–Crippen MR) is 103 cm³/mol. The lowest BCUT2D eigenvalue weighted by atomic mass is 10.1. The van der Waals surface area contributed by atoms with Crippen LogP contribution in [0.4, 0.5) is 4.79 Å². The van der Waals surface area contributed by atoms with Crippen molar-refractivity contribution < 1.29 is 19.2 Å². The first-order chi connectivity index (χ1) is 14.0. The quantitative estimate of drug-likeness (QED) is 0.725. The number of hydrogen-bond acceptors (Lipinski definition) is 6. The lowest BCUT2D eigenvalue weighted by Gasteiger charge is -2.34. The summed E-state index contributed by atoms with van der Waals surface area (Å²) in [6, 6.07) is 10.1. The number of benzene rings is 1. The zero-order chi connectivity index (χ0) is 20.4. The molecule has 2 aromatic rings. The molecule has 0 radical (unpaired) electrons. The van der Waals surface area contributed by atoms with Crippen LogP contribution in [0.1, 0.15) is 18.4 Å². The van der Waals surface area contributed by atoms with Gasteiger partial charge in [-0.2, -0.15) is 5.10 Å². The third-order valence-corrected chi connectivity index (χ3v) is 5.15. The van der Waals surface area contributed by atoms with Crippen molar-refractivity contribution in [3.63, 3.8) is 0 Å². The second-order valence-electron chi connectivity index (χ2n) is 7.24. The Hall–Kier alpha value is -3.20. The van der Waals surface area contributed by atoms with E-state index in [1.807, 2.05) is 48.3 Å². The van der Waals surface area contributed by atoms with Crippen LogP contribution in [-0.4, -0.2) is 68.7 Å². The fraction of sp³-hybridized carbons (Fsp3) is 0.400. The van der Waals surface area contributed by atoms with Gasteiger partial charge in [0.25, 0.3) is 11.8 Å². The minimum Gasteiger partial charge on any atom is -0.311 e. The van der Waals surface area contributed by atoms with Crippen molar-refractivity contribution in [3.05, 3.63) is 42.1 Å². The fourth-order valence-electron chi connectivity index (χ4n) is 3.62. The van der Waals surface area contributed by atoms with E-state index in [-0.39, 0.29) is 12.8 Å². The van der Waals surface area contributed by atoms with Crippen LogP contribution in [0.3, 0.4) is 0 Å². The van der Waals surface area contributed by atoms with E-state index < -0.39 is 17.9 Å². The molecule has 0 unspecified atom stereocenters. The number of carbonyl (C=O) groups excluding carboxylic acids is 3. The molecule has 1 aromatic heterocycles. The van der Waals surface area contributed by atoms with E-state index in [1.165, 1.54) is 4.90 Å². The van der Waals surface area contributed by atoms with Gasteiger partial charge in [0.05, 0.1) is 5.69 Å². The molecular weight excluding hydrogens is 374 g/mol. The van der Waals surface area contributed by atoms with E-state index >= 15 is 0 Å². The van der Waals surface area contributed by atoms with Crippen molar-refractivity contribution in [1.29, 1.82) is 0 Å². The molecular formula is C20H23N5O4. The number of aryl methyl sites for hydroxylation is 1. The van der Waals surface area contributed by atoms with E-state index in [4.69, 9.17) is 4.84 Å². The van der Waals surface area contributed by atoms with E-state index in [0.29, 0.717) is 31.2 Å². The molecule has 3 amide bonds. The third kappa shape index (κ3) is 4.14. The fourth-order valence-corrected chi connectivity index (χ4v) is 3.62. The first-order valence-electron chi connectivity index (χ1n) is 9.64. The Morgan fingerprint density at radius 3 is 2.34 bits per heavy atom. The van der Waals surface area contributed by atoms with Crippen LogP contribution in [-0.2, 0) is 28.0 Å². The maximum atomic E-state index is 12.3. The van der Waals surface area contributed by atoms with Gasteiger partial charge in [0.1, 0.15) is 0 Å². The Morgan fingerprint density at radius 1 is 1.03 bits per heavy atom. The molecule has 2 fully saturated rings. The molecule has 0 spiro atoms. The molecule has 9 nitrogen and oxygen atoms in total. The average molecular weight is 397 g/mol. The average Bonchev–Trinajstić information content (AvgIpc) is 3.25. The summed E-state index contributed by atoms with van der Waals surface area (Å²) in [5.41, 5.74) is 3.16. The van der Waals surface area contributed by atoms with Gasteiger partial charge in [-0.05, 0) is 0 Å². The molecule has 2 aliphatic heterocycles. The largest absolute Gasteiger partial charge is 0.434 e. The number of piperazine rings is 1. The molecule has 0 aliphatic carbocycles. The van der Waals surface area contributed by atoms with Crippen LogP contribution in [0.15, 0.2) is 36.5 Å². The number of rotatable bonds is 4. The lowest BCUT2D eigenvalue weighted by molar-refractivity contribution is -0.174.